The van der Waals surface area contributed by atoms with Crippen molar-refractivity contribution in [2.45, 2.75) is 56.3 Å². The average molecular weight is 464 g/mol. The van der Waals surface area contributed by atoms with E-state index >= 15 is 0 Å². The molecule has 0 unspecified atom stereocenters. The molecule has 2 aromatic heterocycles. The van der Waals surface area contributed by atoms with Crippen LogP contribution in [0.25, 0.3) is 16.9 Å². The van der Waals surface area contributed by atoms with E-state index < -0.39 is 12.5 Å². The Labute approximate surface area is 187 Å². The Hall–Kier alpha value is -2.95. The van der Waals surface area contributed by atoms with Gasteiger partial charge in [-0.25, -0.2) is 23.5 Å². The molecule has 0 atom stereocenters. The molecule has 1 aliphatic carbocycles. The fourth-order valence-corrected chi connectivity index (χ4v) is 4.29. The van der Waals surface area contributed by atoms with Crippen LogP contribution < -0.4 is 10.1 Å². The van der Waals surface area contributed by atoms with Gasteiger partial charge in [-0.15, -0.1) is 0 Å². The number of aryl methyl sites for hydroxylation is 1. The van der Waals surface area contributed by atoms with Crippen LogP contribution in [0, 0.1) is 6.92 Å². The van der Waals surface area contributed by atoms with Crippen LogP contribution in [0.15, 0.2) is 29.4 Å². The highest BCUT2D eigenvalue weighted by Crippen LogP contribution is 2.31. The lowest BCUT2D eigenvalue weighted by Gasteiger charge is -2.28. The molecule has 1 saturated carbocycles. The van der Waals surface area contributed by atoms with Crippen molar-refractivity contribution in [3.05, 3.63) is 35.7 Å². The molecule has 0 saturated heterocycles. The van der Waals surface area contributed by atoms with Crippen molar-refractivity contribution in [2.75, 3.05) is 6.26 Å². The Morgan fingerprint density at radius 1 is 1.22 bits per heavy atom. The number of rotatable bonds is 6. The summed E-state index contributed by atoms with van der Waals surface area (Å²) in [5.41, 5.74) is 1.92. The van der Waals surface area contributed by atoms with E-state index in [0.717, 1.165) is 5.56 Å². The molecule has 3 aromatic rings. The van der Waals surface area contributed by atoms with Gasteiger partial charge in [-0.1, -0.05) is 17.8 Å². The van der Waals surface area contributed by atoms with Crippen LogP contribution in [0.3, 0.4) is 0 Å². The molecule has 1 amide bonds. The Morgan fingerprint density at radius 3 is 2.62 bits per heavy atom. The molecule has 0 aliphatic heterocycles. The zero-order valence-corrected chi connectivity index (χ0v) is 18.4. The minimum Gasteiger partial charge on any atom is -0.474 e. The summed E-state index contributed by atoms with van der Waals surface area (Å²) >= 11 is 1.29. The second-order valence-corrected chi connectivity index (χ2v) is 8.46. The van der Waals surface area contributed by atoms with Crippen LogP contribution in [0.5, 0.6) is 5.88 Å². The number of carboxylic acid groups (broad SMARTS) is 1. The minimum absolute atomic E-state index is 0.0933. The smallest absolute Gasteiger partial charge is 0.404 e. The summed E-state index contributed by atoms with van der Waals surface area (Å²) in [6.07, 6.45) is 0.485. The maximum absolute atomic E-state index is 13.8. The SMILES string of the molecule is CSc1nc(O[C@H]2CC[C@H](NC(=O)O)CC2)cc(-n2c(C(F)F)nc3ccc(C)cc32)n1. The molecule has 0 radical (unpaired) electrons. The summed E-state index contributed by atoms with van der Waals surface area (Å²) in [4.78, 5) is 23.8. The number of amides is 1. The molecular weight excluding hydrogens is 440 g/mol. The van der Waals surface area contributed by atoms with Crippen molar-refractivity contribution in [3.8, 4) is 11.7 Å². The average Bonchev–Trinajstić information content (AvgIpc) is 3.13. The van der Waals surface area contributed by atoms with Crippen molar-refractivity contribution >= 4 is 28.9 Å². The topological polar surface area (TPSA) is 102 Å². The van der Waals surface area contributed by atoms with Crippen molar-refractivity contribution in [2.24, 2.45) is 0 Å². The predicted octanol–water partition coefficient (Wildman–Crippen LogP) is 4.74. The van der Waals surface area contributed by atoms with E-state index in [1.54, 1.807) is 24.5 Å². The van der Waals surface area contributed by atoms with E-state index in [1.165, 1.54) is 16.3 Å². The first-order chi connectivity index (χ1) is 15.3. The van der Waals surface area contributed by atoms with Gasteiger partial charge in [0.25, 0.3) is 6.43 Å². The molecule has 4 rings (SSSR count). The number of ether oxygens (including phenoxy) is 1. The molecule has 1 aliphatic rings. The number of fused-ring (bicyclic) bond motifs is 1. The highest BCUT2D eigenvalue weighted by Gasteiger charge is 2.25. The van der Waals surface area contributed by atoms with Gasteiger partial charge in [0.2, 0.25) is 5.88 Å². The molecule has 32 heavy (non-hydrogen) atoms. The van der Waals surface area contributed by atoms with Gasteiger partial charge in [0.05, 0.1) is 11.0 Å². The second kappa shape index (κ2) is 9.27. The zero-order valence-electron chi connectivity index (χ0n) is 17.6. The third kappa shape index (κ3) is 4.77. The molecular formula is C21H23F2N5O3S. The van der Waals surface area contributed by atoms with E-state index in [-0.39, 0.29) is 23.8 Å². The molecule has 0 bridgehead atoms. The van der Waals surface area contributed by atoms with Crippen LogP contribution in [-0.2, 0) is 0 Å². The Bertz CT molecular complexity index is 1130. The van der Waals surface area contributed by atoms with Crippen LogP contribution in [0.2, 0.25) is 0 Å². The van der Waals surface area contributed by atoms with Gasteiger partial charge in [0.15, 0.2) is 11.0 Å². The standard InChI is InChI=1S/C21H23F2N5O3S/c1-11-3-8-14-15(9-11)28(19(25-14)18(22)23)16-10-17(27-20(26-16)32-2)31-13-6-4-12(5-7-13)24-21(29)30/h3,8-10,12-13,18,24H,4-7H2,1-2H3,(H,29,30)/t12-,13-. The molecule has 0 spiro atoms. The predicted molar refractivity (Wildman–Crippen MR) is 116 cm³/mol. The Balaban J connectivity index is 1.66. The Morgan fingerprint density at radius 2 is 1.97 bits per heavy atom. The first-order valence-corrected chi connectivity index (χ1v) is 11.4. The third-order valence-corrected chi connectivity index (χ3v) is 5.95. The molecule has 1 aromatic carbocycles. The van der Waals surface area contributed by atoms with E-state index in [1.807, 2.05) is 13.0 Å². The van der Waals surface area contributed by atoms with E-state index in [9.17, 15) is 13.6 Å². The largest absolute Gasteiger partial charge is 0.474 e. The molecule has 2 heterocycles. The zero-order chi connectivity index (χ0) is 22.8. The van der Waals surface area contributed by atoms with Gasteiger partial charge >= 0.3 is 6.09 Å². The number of halogens is 2. The number of aromatic nitrogens is 4. The number of benzene rings is 1. The fourth-order valence-electron chi connectivity index (χ4n) is 3.92. The number of alkyl halides is 2. The van der Waals surface area contributed by atoms with Gasteiger partial charge in [-0.2, -0.15) is 4.98 Å². The number of hydrogen-bond acceptors (Lipinski definition) is 6. The summed E-state index contributed by atoms with van der Waals surface area (Å²) < 4.78 is 35.1. The number of thioether (sulfide) groups is 1. The molecule has 1 fully saturated rings. The molecule has 11 heteroatoms. The lowest BCUT2D eigenvalue weighted by atomic mass is 9.93. The number of hydrogen-bond donors (Lipinski definition) is 2. The van der Waals surface area contributed by atoms with E-state index in [0.29, 0.717) is 47.8 Å². The number of carbonyl (C=O) groups is 1. The minimum atomic E-state index is -2.78. The van der Waals surface area contributed by atoms with Crippen molar-refractivity contribution in [1.82, 2.24) is 24.8 Å². The first-order valence-electron chi connectivity index (χ1n) is 10.2. The van der Waals surface area contributed by atoms with E-state index in [2.05, 4.69) is 20.3 Å². The summed E-state index contributed by atoms with van der Waals surface area (Å²) in [7, 11) is 0. The molecule has 170 valence electrons. The lowest BCUT2D eigenvalue weighted by molar-refractivity contribution is 0.128. The first kappa shape index (κ1) is 22.3. The summed E-state index contributed by atoms with van der Waals surface area (Å²) in [6.45, 7) is 1.89. The van der Waals surface area contributed by atoms with Crippen LogP contribution >= 0.6 is 11.8 Å². The van der Waals surface area contributed by atoms with Crippen LogP contribution in [0.1, 0.15) is 43.5 Å². The fraction of sp³-hybridized carbons (Fsp3) is 0.429. The van der Waals surface area contributed by atoms with Crippen molar-refractivity contribution < 1.29 is 23.4 Å². The van der Waals surface area contributed by atoms with E-state index in [4.69, 9.17) is 9.84 Å². The normalized spacial score (nSPS) is 18.8. The lowest BCUT2D eigenvalue weighted by Crippen LogP contribution is -2.39. The highest BCUT2D eigenvalue weighted by molar-refractivity contribution is 7.98. The molecule has 8 nitrogen and oxygen atoms in total. The number of nitrogens with zero attached hydrogens (tertiary/aromatic N) is 4. The van der Waals surface area contributed by atoms with Crippen molar-refractivity contribution in [3.63, 3.8) is 0 Å². The van der Waals surface area contributed by atoms with Gasteiger partial charge in [-0.05, 0) is 56.6 Å². The Kier molecular flexibility index (Phi) is 6.45. The summed E-state index contributed by atoms with van der Waals surface area (Å²) in [5.74, 6) is 0.176. The summed E-state index contributed by atoms with van der Waals surface area (Å²) in [6, 6.07) is 6.80. The van der Waals surface area contributed by atoms with Crippen LogP contribution in [-0.4, -0.2) is 49.1 Å². The number of imidazole rings is 1. The quantitative estimate of drug-likeness (QED) is 0.402. The monoisotopic (exact) mass is 463 g/mol. The van der Waals surface area contributed by atoms with Gasteiger partial charge in [0.1, 0.15) is 11.9 Å². The highest BCUT2D eigenvalue weighted by atomic mass is 32.2. The third-order valence-electron chi connectivity index (χ3n) is 5.40. The number of nitrogens with one attached hydrogen (secondary N) is 1. The maximum atomic E-state index is 13.8. The summed E-state index contributed by atoms with van der Waals surface area (Å²) in [5, 5.41) is 11.8. The second-order valence-electron chi connectivity index (χ2n) is 7.69. The van der Waals surface area contributed by atoms with Gasteiger partial charge < -0.3 is 15.2 Å². The molecule has 2 N–H and O–H groups in total. The maximum Gasteiger partial charge on any atom is 0.404 e. The van der Waals surface area contributed by atoms with Gasteiger partial charge in [0, 0.05) is 12.1 Å². The van der Waals surface area contributed by atoms with Crippen molar-refractivity contribution in [1.29, 1.82) is 0 Å². The van der Waals surface area contributed by atoms with Crippen LogP contribution in [0.4, 0.5) is 13.6 Å². The van der Waals surface area contributed by atoms with Gasteiger partial charge in [-0.3, -0.25) is 4.57 Å².